The minimum atomic E-state index is -1.02. The van der Waals surface area contributed by atoms with Crippen LogP contribution in [0, 0.1) is 17.2 Å². The minimum absolute atomic E-state index is 0.186. The molecule has 3 heteroatoms. The molecule has 14 heavy (non-hydrogen) atoms. The molecule has 1 aliphatic carbocycles. The number of rotatable bonds is 1. The van der Waals surface area contributed by atoms with Crippen LogP contribution >= 0.6 is 15.9 Å². The van der Waals surface area contributed by atoms with E-state index in [-0.39, 0.29) is 5.92 Å². The molecule has 0 spiro atoms. The van der Waals surface area contributed by atoms with Crippen LogP contribution in [0.4, 0.5) is 4.39 Å². The molecule has 0 saturated heterocycles. The summed E-state index contributed by atoms with van der Waals surface area (Å²) in [5, 5.41) is 9.02. The summed E-state index contributed by atoms with van der Waals surface area (Å²) in [7, 11) is 0. The minimum Gasteiger partial charge on any atom is -0.245 e. The molecule has 3 unspecified atom stereocenters. The Morgan fingerprint density at radius 3 is 2.29 bits per heavy atom. The van der Waals surface area contributed by atoms with E-state index >= 15 is 0 Å². The summed E-state index contributed by atoms with van der Waals surface area (Å²) >= 11 is 3.31. The molecule has 0 radical (unpaired) electrons. The molecule has 1 aliphatic rings. The van der Waals surface area contributed by atoms with E-state index < -0.39 is 11.6 Å². The van der Waals surface area contributed by atoms with Crippen LogP contribution in [0.25, 0.3) is 0 Å². The fourth-order valence-corrected chi connectivity index (χ4v) is 2.15. The molecule has 1 fully saturated rings. The fraction of sp³-hybridized carbons (Fsp3) is 0.364. The van der Waals surface area contributed by atoms with E-state index in [0.29, 0.717) is 0 Å². The smallest absolute Gasteiger partial charge is 0.128 e. The predicted octanol–water partition coefficient (Wildman–Crippen LogP) is 3.20. The highest BCUT2D eigenvalue weighted by Gasteiger charge is 2.65. The Hall–Kier alpha value is -0.880. The molecule has 1 nitrogen and oxygen atoms in total. The lowest BCUT2D eigenvalue weighted by atomic mass is 9.95. The second-order valence-corrected chi connectivity index (χ2v) is 4.59. The van der Waals surface area contributed by atoms with E-state index in [1.807, 2.05) is 24.3 Å². The third kappa shape index (κ3) is 1.10. The molecule has 0 aromatic heterocycles. The van der Waals surface area contributed by atoms with Gasteiger partial charge < -0.3 is 0 Å². The van der Waals surface area contributed by atoms with Crippen molar-refractivity contribution in [1.82, 2.24) is 0 Å². The van der Waals surface area contributed by atoms with Gasteiger partial charge in [-0.25, -0.2) is 4.39 Å². The van der Waals surface area contributed by atoms with E-state index in [1.54, 1.807) is 6.92 Å². The maximum atomic E-state index is 13.4. The molecule has 0 heterocycles. The number of nitrogens with zero attached hydrogens (tertiary/aromatic N) is 1. The Bertz CT molecular complexity index is 385. The Labute approximate surface area is 90.7 Å². The monoisotopic (exact) mass is 253 g/mol. The van der Waals surface area contributed by atoms with Gasteiger partial charge in [0.2, 0.25) is 0 Å². The van der Waals surface area contributed by atoms with Crippen LogP contribution in [-0.4, -0.2) is 6.17 Å². The maximum absolute atomic E-state index is 13.4. The van der Waals surface area contributed by atoms with Crippen LogP contribution in [0.5, 0.6) is 0 Å². The molecule has 0 N–H and O–H groups in total. The van der Waals surface area contributed by atoms with Crippen molar-refractivity contribution < 1.29 is 4.39 Å². The van der Waals surface area contributed by atoms with Crippen LogP contribution in [0.3, 0.4) is 0 Å². The molecule has 0 aliphatic heterocycles. The van der Waals surface area contributed by atoms with Gasteiger partial charge in [0.25, 0.3) is 0 Å². The Kier molecular flexibility index (Phi) is 2.11. The normalized spacial score (nSPS) is 35.0. The first kappa shape index (κ1) is 9.67. The number of hydrogen-bond donors (Lipinski definition) is 0. The fourth-order valence-electron chi connectivity index (χ4n) is 1.88. The third-order valence-corrected chi connectivity index (χ3v) is 3.52. The first-order valence-corrected chi connectivity index (χ1v) is 5.23. The zero-order valence-electron chi connectivity index (χ0n) is 7.67. The van der Waals surface area contributed by atoms with Crippen molar-refractivity contribution in [3.05, 3.63) is 34.3 Å². The van der Waals surface area contributed by atoms with Gasteiger partial charge in [0.1, 0.15) is 11.6 Å². The lowest BCUT2D eigenvalue weighted by Gasteiger charge is -2.06. The number of hydrogen-bond acceptors (Lipinski definition) is 1. The Balaban J connectivity index is 2.41. The average molecular weight is 254 g/mol. The van der Waals surface area contributed by atoms with Gasteiger partial charge in [-0.15, -0.1) is 0 Å². The Morgan fingerprint density at radius 1 is 1.43 bits per heavy atom. The van der Waals surface area contributed by atoms with E-state index in [0.717, 1.165) is 10.0 Å². The quantitative estimate of drug-likeness (QED) is 0.754. The van der Waals surface area contributed by atoms with Gasteiger partial charge in [-0.2, -0.15) is 5.26 Å². The topological polar surface area (TPSA) is 23.8 Å². The second kappa shape index (κ2) is 3.06. The van der Waals surface area contributed by atoms with Crippen molar-refractivity contribution in [3.8, 4) is 6.07 Å². The van der Waals surface area contributed by atoms with Gasteiger partial charge in [0.15, 0.2) is 0 Å². The molecule has 1 saturated carbocycles. The standard InChI is InChI=1S/C11H9BrFN/c1-7-10(13)11(7,6-14)8-2-4-9(12)5-3-8/h2-5,7,10H,1H3. The Morgan fingerprint density at radius 2 is 1.93 bits per heavy atom. The van der Waals surface area contributed by atoms with Gasteiger partial charge in [-0.05, 0) is 17.7 Å². The molecule has 2 rings (SSSR count). The summed E-state index contributed by atoms with van der Waals surface area (Å²) in [6.45, 7) is 1.77. The SMILES string of the molecule is CC1C(F)C1(C#N)c1ccc(Br)cc1. The van der Waals surface area contributed by atoms with Crippen molar-refractivity contribution >= 4 is 15.9 Å². The number of benzene rings is 1. The van der Waals surface area contributed by atoms with Crippen molar-refractivity contribution in [2.45, 2.75) is 18.5 Å². The largest absolute Gasteiger partial charge is 0.245 e. The molecule has 72 valence electrons. The van der Waals surface area contributed by atoms with Crippen LogP contribution in [0.15, 0.2) is 28.7 Å². The molecule has 0 amide bonds. The van der Waals surface area contributed by atoms with Gasteiger partial charge in [0.05, 0.1) is 6.07 Å². The van der Waals surface area contributed by atoms with Crippen molar-refractivity contribution in [1.29, 1.82) is 5.26 Å². The summed E-state index contributed by atoms with van der Waals surface area (Å²) in [6, 6.07) is 9.39. The van der Waals surface area contributed by atoms with Crippen molar-refractivity contribution in [3.63, 3.8) is 0 Å². The van der Waals surface area contributed by atoms with E-state index in [2.05, 4.69) is 22.0 Å². The number of nitriles is 1. The summed E-state index contributed by atoms with van der Waals surface area (Å²) in [5.41, 5.74) is -0.107. The van der Waals surface area contributed by atoms with Crippen LogP contribution in [0.2, 0.25) is 0 Å². The van der Waals surface area contributed by atoms with Gasteiger partial charge in [0, 0.05) is 10.4 Å². The van der Waals surface area contributed by atoms with Crippen LogP contribution in [0.1, 0.15) is 12.5 Å². The summed E-state index contributed by atoms with van der Waals surface area (Å²) in [4.78, 5) is 0. The number of alkyl halides is 1. The van der Waals surface area contributed by atoms with Crippen molar-refractivity contribution in [2.24, 2.45) is 5.92 Å². The highest BCUT2D eigenvalue weighted by atomic mass is 79.9. The van der Waals surface area contributed by atoms with Gasteiger partial charge in [-0.3, -0.25) is 0 Å². The molecular weight excluding hydrogens is 245 g/mol. The van der Waals surface area contributed by atoms with E-state index in [1.165, 1.54) is 0 Å². The highest BCUT2D eigenvalue weighted by molar-refractivity contribution is 9.10. The molecule has 1 aromatic rings. The molecule has 3 atom stereocenters. The van der Waals surface area contributed by atoms with Crippen LogP contribution in [-0.2, 0) is 5.41 Å². The summed E-state index contributed by atoms with van der Waals surface area (Å²) < 4.78 is 14.3. The van der Waals surface area contributed by atoms with Crippen molar-refractivity contribution in [2.75, 3.05) is 0 Å². The first-order chi connectivity index (χ1) is 6.63. The summed E-state index contributed by atoms with van der Waals surface area (Å²) in [5.74, 6) is -0.186. The van der Waals surface area contributed by atoms with Gasteiger partial charge in [-0.1, -0.05) is 35.0 Å². The lowest BCUT2D eigenvalue weighted by Crippen LogP contribution is -2.08. The second-order valence-electron chi connectivity index (χ2n) is 3.68. The lowest BCUT2D eigenvalue weighted by molar-refractivity contribution is 0.436. The van der Waals surface area contributed by atoms with E-state index in [4.69, 9.17) is 5.26 Å². The molecular formula is C11H9BrFN. The van der Waals surface area contributed by atoms with Crippen LogP contribution < -0.4 is 0 Å². The number of halogens is 2. The summed E-state index contributed by atoms with van der Waals surface area (Å²) in [6.07, 6.45) is -1.02. The zero-order valence-corrected chi connectivity index (χ0v) is 9.25. The predicted molar refractivity (Wildman–Crippen MR) is 55.5 cm³/mol. The highest BCUT2D eigenvalue weighted by Crippen LogP contribution is 2.55. The zero-order chi connectivity index (χ0) is 10.3. The molecule has 1 aromatic carbocycles. The van der Waals surface area contributed by atoms with Gasteiger partial charge >= 0.3 is 0 Å². The third-order valence-electron chi connectivity index (χ3n) is 2.99. The maximum Gasteiger partial charge on any atom is 0.128 e. The first-order valence-electron chi connectivity index (χ1n) is 4.44. The molecule has 0 bridgehead atoms. The average Bonchev–Trinajstić information content (AvgIpc) is 2.72. The van der Waals surface area contributed by atoms with E-state index in [9.17, 15) is 4.39 Å².